The van der Waals surface area contributed by atoms with Crippen LogP contribution in [-0.4, -0.2) is 52.5 Å². The number of hydrogen-bond donors (Lipinski definition) is 2. The Bertz CT molecular complexity index is 542. The van der Waals surface area contributed by atoms with Crippen molar-refractivity contribution in [2.45, 2.75) is 10.6 Å². The van der Waals surface area contributed by atoms with Crippen LogP contribution in [0.2, 0.25) is 0 Å². The van der Waals surface area contributed by atoms with E-state index in [0.717, 1.165) is 30.8 Å². The van der Waals surface area contributed by atoms with Gasteiger partial charge in [-0.05, 0) is 37.4 Å². The van der Waals surface area contributed by atoms with Crippen LogP contribution >= 0.6 is 11.3 Å². The lowest BCUT2D eigenvalue weighted by Gasteiger charge is -2.12. The van der Waals surface area contributed by atoms with Gasteiger partial charge in [0, 0.05) is 13.1 Å². The van der Waals surface area contributed by atoms with Crippen LogP contribution in [0.15, 0.2) is 21.7 Å². The number of nitrogens with one attached hydrogen (secondary N) is 2. The van der Waals surface area contributed by atoms with E-state index in [0.29, 0.717) is 12.5 Å². The third-order valence-corrected chi connectivity index (χ3v) is 6.06. The summed E-state index contributed by atoms with van der Waals surface area (Å²) in [4.78, 5) is 13.9. The molecule has 0 aromatic carbocycles. The zero-order valence-electron chi connectivity index (χ0n) is 11.3. The number of likely N-dealkylation sites (tertiary alicyclic amines) is 1. The number of rotatable bonds is 6. The Morgan fingerprint density at radius 2 is 2.35 bits per heavy atom. The number of carbonyl (C=O) groups is 1. The Kier molecular flexibility index (Phi) is 5.14. The molecular formula is C12H19N3O3S2. The first kappa shape index (κ1) is 15.4. The maximum absolute atomic E-state index is 11.8. The average molecular weight is 317 g/mol. The molecule has 112 valence electrons. The summed E-state index contributed by atoms with van der Waals surface area (Å²) in [7, 11) is -1.51. The van der Waals surface area contributed by atoms with Crippen molar-refractivity contribution in [1.29, 1.82) is 0 Å². The SMILES string of the molecule is CN1CC[C@H](CNC(=O)CNS(=O)(=O)c2cccs2)C1. The molecule has 2 N–H and O–H groups in total. The molecule has 8 heteroatoms. The van der Waals surface area contributed by atoms with Gasteiger partial charge in [-0.1, -0.05) is 6.07 Å². The molecule has 1 saturated heterocycles. The minimum atomic E-state index is -3.56. The summed E-state index contributed by atoms with van der Waals surface area (Å²) in [5.74, 6) is 0.164. The molecule has 1 atom stereocenters. The van der Waals surface area contributed by atoms with Gasteiger partial charge in [0.05, 0.1) is 6.54 Å². The van der Waals surface area contributed by atoms with E-state index < -0.39 is 10.0 Å². The Hall–Kier alpha value is -0.960. The largest absolute Gasteiger partial charge is 0.355 e. The van der Waals surface area contributed by atoms with Gasteiger partial charge in [0.15, 0.2) is 0 Å². The first-order valence-corrected chi connectivity index (χ1v) is 8.82. The zero-order valence-corrected chi connectivity index (χ0v) is 13.0. The van der Waals surface area contributed by atoms with Crippen LogP contribution in [0.4, 0.5) is 0 Å². The molecule has 1 aliphatic heterocycles. The highest BCUT2D eigenvalue weighted by Crippen LogP contribution is 2.15. The van der Waals surface area contributed by atoms with Crippen molar-refractivity contribution in [3.8, 4) is 0 Å². The van der Waals surface area contributed by atoms with Gasteiger partial charge in [0.25, 0.3) is 10.0 Å². The highest BCUT2D eigenvalue weighted by atomic mass is 32.2. The second kappa shape index (κ2) is 6.66. The van der Waals surface area contributed by atoms with Gasteiger partial charge < -0.3 is 10.2 Å². The Balaban J connectivity index is 1.73. The zero-order chi connectivity index (χ0) is 14.6. The Morgan fingerprint density at radius 1 is 1.55 bits per heavy atom. The van der Waals surface area contributed by atoms with Gasteiger partial charge in [-0.15, -0.1) is 11.3 Å². The van der Waals surface area contributed by atoms with E-state index >= 15 is 0 Å². The van der Waals surface area contributed by atoms with Crippen molar-refractivity contribution in [1.82, 2.24) is 14.9 Å². The number of nitrogens with zero attached hydrogens (tertiary/aromatic N) is 1. The average Bonchev–Trinajstić information content (AvgIpc) is 3.05. The van der Waals surface area contributed by atoms with Crippen molar-refractivity contribution < 1.29 is 13.2 Å². The second-order valence-corrected chi connectivity index (χ2v) is 7.92. The van der Waals surface area contributed by atoms with E-state index in [1.165, 1.54) is 6.07 Å². The van der Waals surface area contributed by atoms with Gasteiger partial charge in [-0.25, -0.2) is 13.1 Å². The Labute approximate surface area is 123 Å². The van der Waals surface area contributed by atoms with Crippen LogP contribution in [0.3, 0.4) is 0 Å². The standard InChI is InChI=1S/C12H19N3O3S2/c1-15-5-4-10(9-15)7-13-11(16)8-14-20(17,18)12-3-2-6-19-12/h2-3,6,10,14H,4-5,7-9H2,1H3,(H,13,16)/t10-/m1/s1. The van der Waals surface area contributed by atoms with E-state index in [-0.39, 0.29) is 16.7 Å². The summed E-state index contributed by atoms with van der Waals surface area (Å²) in [6, 6.07) is 3.18. The topological polar surface area (TPSA) is 78.5 Å². The van der Waals surface area contributed by atoms with Crippen LogP contribution in [0.5, 0.6) is 0 Å². The van der Waals surface area contributed by atoms with E-state index in [4.69, 9.17) is 0 Å². The van der Waals surface area contributed by atoms with Gasteiger partial charge in [0.1, 0.15) is 4.21 Å². The van der Waals surface area contributed by atoms with E-state index in [2.05, 4.69) is 22.0 Å². The summed E-state index contributed by atoms with van der Waals surface area (Å²) < 4.78 is 26.2. The minimum Gasteiger partial charge on any atom is -0.355 e. The molecule has 1 amide bonds. The Morgan fingerprint density at radius 3 is 2.95 bits per heavy atom. The lowest BCUT2D eigenvalue weighted by Crippen LogP contribution is -2.39. The second-order valence-electron chi connectivity index (χ2n) is 4.98. The highest BCUT2D eigenvalue weighted by molar-refractivity contribution is 7.91. The molecule has 2 rings (SSSR count). The minimum absolute atomic E-state index is 0.219. The monoisotopic (exact) mass is 317 g/mol. The van der Waals surface area contributed by atoms with E-state index in [1.807, 2.05) is 0 Å². The molecule has 1 fully saturated rings. The van der Waals surface area contributed by atoms with Crippen molar-refractivity contribution in [3.63, 3.8) is 0 Å². The molecule has 1 aliphatic rings. The van der Waals surface area contributed by atoms with Gasteiger partial charge >= 0.3 is 0 Å². The highest BCUT2D eigenvalue weighted by Gasteiger charge is 2.20. The van der Waals surface area contributed by atoms with E-state index in [9.17, 15) is 13.2 Å². The van der Waals surface area contributed by atoms with Crippen molar-refractivity contribution >= 4 is 27.3 Å². The normalized spacial score (nSPS) is 20.1. The molecule has 1 aromatic heterocycles. The molecule has 0 unspecified atom stereocenters. The van der Waals surface area contributed by atoms with Crippen LogP contribution in [-0.2, 0) is 14.8 Å². The fraction of sp³-hybridized carbons (Fsp3) is 0.583. The molecule has 0 bridgehead atoms. The predicted octanol–water partition coefficient (Wildman–Crippen LogP) is 0.0943. The quantitative estimate of drug-likeness (QED) is 0.780. The molecule has 0 spiro atoms. The predicted molar refractivity (Wildman–Crippen MR) is 78.1 cm³/mol. The van der Waals surface area contributed by atoms with E-state index in [1.54, 1.807) is 11.4 Å². The molecule has 0 aliphatic carbocycles. The number of hydrogen-bond acceptors (Lipinski definition) is 5. The van der Waals surface area contributed by atoms with Gasteiger partial charge in [-0.3, -0.25) is 4.79 Å². The summed E-state index contributed by atoms with van der Waals surface area (Å²) >= 11 is 1.13. The molecule has 1 aromatic rings. The number of carbonyl (C=O) groups excluding carboxylic acids is 1. The lowest BCUT2D eigenvalue weighted by molar-refractivity contribution is -0.120. The van der Waals surface area contributed by atoms with Crippen LogP contribution in [0, 0.1) is 5.92 Å². The summed E-state index contributed by atoms with van der Waals surface area (Å²) in [6.45, 7) is 2.40. The van der Waals surface area contributed by atoms with Crippen molar-refractivity contribution in [3.05, 3.63) is 17.5 Å². The fourth-order valence-corrected chi connectivity index (χ4v) is 4.18. The third-order valence-electron chi connectivity index (χ3n) is 3.26. The van der Waals surface area contributed by atoms with Gasteiger partial charge in [-0.2, -0.15) is 0 Å². The molecule has 20 heavy (non-hydrogen) atoms. The maximum atomic E-state index is 11.8. The molecular weight excluding hydrogens is 298 g/mol. The summed E-state index contributed by atoms with van der Waals surface area (Å²) in [5.41, 5.74) is 0. The third kappa shape index (κ3) is 4.27. The molecule has 2 heterocycles. The number of thiophene rings is 1. The summed E-state index contributed by atoms with van der Waals surface area (Å²) in [5, 5.41) is 4.46. The molecule has 0 radical (unpaired) electrons. The molecule has 0 saturated carbocycles. The first-order valence-electron chi connectivity index (χ1n) is 6.46. The fourth-order valence-electron chi connectivity index (χ4n) is 2.16. The number of sulfonamides is 1. The summed E-state index contributed by atoms with van der Waals surface area (Å²) in [6.07, 6.45) is 1.07. The van der Waals surface area contributed by atoms with Gasteiger partial charge in [0.2, 0.25) is 5.91 Å². The lowest BCUT2D eigenvalue weighted by atomic mass is 10.1. The van der Waals surface area contributed by atoms with Crippen LogP contribution in [0.1, 0.15) is 6.42 Å². The maximum Gasteiger partial charge on any atom is 0.250 e. The van der Waals surface area contributed by atoms with Crippen LogP contribution < -0.4 is 10.0 Å². The molecule has 6 nitrogen and oxygen atoms in total. The first-order chi connectivity index (χ1) is 9.47. The van der Waals surface area contributed by atoms with Crippen molar-refractivity contribution in [2.75, 3.05) is 33.2 Å². The van der Waals surface area contributed by atoms with Crippen LogP contribution in [0.25, 0.3) is 0 Å². The van der Waals surface area contributed by atoms with Crippen molar-refractivity contribution in [2.24, 2.45) is 5.92 Å². The smallest absolute Gasteiger partial charge is 0.250 e. The number of amides is 1.